The summed E-state index contributed by atoms with van der Waals surface area (Å²) in [6, 6.07) is 21.4. The van der Waals surface area contributed by atoms with E-state index in [1.165, 1.54) is 12.1 Å². The first-order valence-corrected chi connectivity index (χ1v) is 13.9. The van der Waals surface area contributed by atoms with Gasteiger partial charge in [0, 0.05) is 12.1 Å². The molecule has 0 saturated carbocycles. The number of nitrogens with zero attached hydrogens (tertiary/aromatic N) is 1. The molecule has 0 spiro atoms. The van der Waals surface area contributed by atoms with Crippen molar-refractivity contribution in [3.63, 3.8) is 0 Å². The van der Waals surface area contributed by atoms with Crippen LogP contribution < -0.4 is 9.64 Å². The zero-order chi connectivity index (χ0) is 29.1. The maximum Gasteiger partial charge on any atom is 0.233 e. The number of rotatable bonds is 10. The second kappa shape index (κ2) is 12.7. The van der Waals surface area contributed by atoms with Crippen LogP contribution in [-0.4, -0.2) is 70.6 Å². The molecule has 3 aromatic carbocycles. The molecule has 8 nitrogen and oxygen atoms in total. The maximum absolute atomic E-state index is 13.4. The van der Waals surface area contributed by atoms with E-state index >= 15 is 0 Å². The Morgan fingerprint density at radius 1 is 0.854 bits per heavy atom. The van der Waals surface area contributed by atoms with Crippen LogP contribution >= 0.6 is 0 Å². The third-order valence-electron chi connectivity index (χ3n) is 8.21. The molecular formula is C32H36FNO7. The van der Waals surface area contributed by atoms with Gasteiger partial charge in [0.1, 0.15) is 36.0 Å². The van der Waals surface area contributed by atoms with Gasteiger partial charge in [-0.15, -0.1) is 0 Å². The largest absolute Gasteiger partial charge is 0.497 e. The number of amides is 1. The van der Waals surface area contributed by atoms with E-state index in [1.54, 1.807) is 24.1 Å². The lowest BCUT2D eigenvalue weighted by Crippen LogP contribution is -2.59. The normalized spacial score (nSPS) is 27.9. The Balaban J connectivity index is 1.32. The first-order chi connectivity index (χ1) is 19.8. The van der Waals surface area contributed by atoms with Crippen LogP contribution in [0.3, 0.4) is 0 Å². The lowest BCUT2D eigenvalue weighted by atomic mass is 9.78. The molecular weight excluding hydrogens is 529 g/mol. The molecule has 2 aliphatic heterocycles. The molecule has 5 rings (SSSR count). The number of methoxy groups -OCH3 is 1. The van der Waals surface area contributed by atoms with E-state index in [9.17, 15) is 29.6 Å². The highest BCUT2D eigenvalue weighted by molar-refractivity contribution is 6.03. The zero-order valence-corrected chi connectivity index (χ0v) is 22.8. The maximum atomic E-state index is 13.4. The smallest absolute Gasteiger partial charge is 0.233 e. The molecule has 0 aliphatic carbocycles. The first kappa shape index (κ1) is 29.2. The van der Waals surface area contributed by atoms with Gasteiger partial charge >= 0.3 is 0 Å². The third-order valence-corrected chi connectivity index (χ3v) is 8.21. The van der Waals surface area contributed by atoms with Crippen molar-refractivity contribution in [1.29, 1.82) is 0 Å². The number of hydrogen-bond acceptors (Lipinski definition) is 7. The number of aliphatic hydroxyl groups excluding tert-OH is 4. The summed E-state index contributed by atoms with van der Waals surface area (Å²) in [6.45, 7) is -0.472. The van der Waals surface area contributed by atoms with Gasteiger partial charge in [0.2, 0.25) is 5.91 Å². The van der Waals surface area contributed by atoms with Gasteiger partial charge in [0.25, 0.3) is 0 Å². The summed E-state index contributed by atoms with van der Waals surface area (Å²) >= 11 is 0. The van der Waals surface area contributed by atoms with Crippen LogP contribution in [0.2, 0.25) is 0 Å². The van der Waals surface area contributed by atoms with Gasteiger partial charge < -0.3 is 34.8 Å². The summed E-state index contributed by atoms with van der Waals surface area (Å²) in [5.74, 6) is 0.262. The molecule has 1 amide bonds. The van der Waals surface area contributed by atoms with Crippen LogP contribution in [0.1, 0.15) is 35.6 Å². The zero-order valence-electron chi connectivity index (χ0n) is 22.8. The van der Waals surface area contributed by atoms with Gasteiger partial charge in [-0.3, -0.25) is 4.79 Å². The number of carbonyl (C=O) groups excluding carboxylic acids is 1. The van der Waals surface area contributed by atoms with Gasteiger partial charge in [0.05, 0.1) is 31.8 Å². The van der Waals surface area contributed by atoms with Crippen molar-refractivity contribution in [3.8, 4) is 5.75 Å². The summed E-state index contributed by atoms with van der Waals surface area (Å²) in [7, 11) is 1.59. The van der Waals surface area contributed by atoms with Crippen LogP contribution in [0.25, 0.3) is 0 Å². The van der Waals surface area contributed by atoms with Crippen molar-refractivity contribution in [1.82, 2.24) is 0 Å². The molecule has 4 N–H and O–H groups in total. The number of β-lactam (4-membered cyclic amide) rings is 1. The van der Waals surface area contributed by atoms with Crippen molar-refractivity contribution in [2.45, 2.75) is 62.2 Å². The molecule has 0 bridgehead atoms. The summed E-state index contributed by atoms with van der Waals surface area (Å²) in [5.41, 5.74) is 3.61. The summed E-state index contributed by atoms with van der Waals surface area (Å²) in [5, 5.41) is 40.1. The number of halogens is 1. The van der Waals surface area contributed by atoms with Crippen molar-refractivity contribution >= 4 is 11.6 Å². The van der Waals surface area contributed by atoms with E-state index in [-0.39, 0.29) is 30.1 Å². The lowest BCUT2D eigenvalue weighted by molar-refractivity contribution is -0.228. The minimum atomic E-state index is -1.42. The fourth-order valence-corrected chi connectivity index (χ4v) is 5.85. The van der Waals surface area contributed by atoms with Gasteiger partial charge in [-0.25, -0.2) is 4.39 Å². The second-order valence-corrected chi connectivity index (χ2v) is 10.8. The number of ether oxygens (including phenoxy) is 2. The molecule has 2 saturated heterocycles. The van der Waals surface area contributed by atoms with Crippen molar-refractivity contribution < 1.29 is 39.1 Å². The summed E-state index contributed by atoms with van der Waals surface area (Å²) in [4.78, 5) is 15.2. The predicted octanol–water partition coefficient (Wildman–Crippen LogP) is 2.95. The van der Waals surface area contributed by atoms with Crippen LogP contribution in [0.4, 0.5) is 10.1 Å². The second-order valence-electron chi connectivity index (χ2n) is 10.8. The summed E-state index contributed by atoms with van der Waals surface area (Å²) < 4.78 is 24.2. The summed E-state index contributed by atoms with van der Waals surface area (Å²) in [6.07, 6.45) is -3.37. The van der Waals surface area contributed by atoms with E-state index in [0.29, 0.717) is 12.2 Å². The molecule has 0 unspecified atom stereocenters. The average molecular weight is 566 g/mol. The molecule has 2 aliphatic rings. The Labute approximate surface area is 238 Å². The molecule has 218 valence electrons. The minimum absolute atomic E-state index is 0.0460. The number of hydrogen-bond donors (Lipinski definition) is 4. The van der Waals surface area contributed by atoms with Gasteiger partial charge in [0.15, 0.2) is 0 Å². The van der Waals surface area contributed by atoms with Gasteiger partial charge in [-0.1, -0.05) is 36.4 Å². The lowest BCUT2D eigenvalue weighted by Gasteiger charge is -2.48. The molecule has 2 heterocycles. The monoisotopic (exact) mass is 565 g/mol. The minimum Gasteiger partial charge on any atom is -0.497 e. The molecule has 0 radical (unpaired) electrons. The topological polar surface area (TPSA) is 120 Å². The predicted molar refractivity (Wildman–Crippen MR) is 150 cm³/mol. The number of aliphatic hydroxyl groups is 4. The van der Waals surface area contributed by atoms with E-state index in [2.05, 4.69) is 0 Å². The highest BCUT2D eigenvalue weighted by Gasteiger charge is 2.48. The standard InChI is InChI=1S/C32H36FNO7/c1-40-24-15-13-23(14-16-24)34-28(25(32(34)39)4-2-3-19-7-11-22(33)12-8-19)21-9-5-20(6-10-21)17-26-29(36)31(38)30(37)27(18-35)41-26/h5-16,25-31,35-38H,2-4,17-18H2,1H3/t25-,26+,27+,28+,29-,30+,31+/m0/s1. The Kier molecular flexibility index (Phi) is 9.01. The molecule has 3 aromatic rings. The first-order valence-electron chi connectivity index (χ1n) is 13.9. The third kappa shape index (κ3) is 6.14. The highest BCUT2D eigenvalue weighted by Crippen LogP contribution is 2.46. The Morgan fingerprint density at radius 2 is 1.49 bits per heavy atom. The Morgan fingerprint density at radius 3 is 2.12 bits per heavy atom. The van der Waals surface area contributed by atoms with E-state index in [0.717, 1.165) is 35.2 Å². The number of carbonyl (C=O) groups is 1. The van der Waals surface area contributed by atoms with Crippen LogP contribution in [0, 0.1) is 11.7 Å². The SMILES string of the molecule is COc1ccc(N2C(=O)[C@@H](CCCc3ccc(F)cc3)[C@H]2c2ccc(C[C@H]3O[C@H](CO)[C@@H](O)[C@H](O)[C@H]3O)cc2)cc1. The van der Waals surface area contributed by atoms with E-state index in [1.807, 2.05) is 48.5 Å². The Hall–Kier alpha value is -3.34. The van der Waals surface area contributed by atoms with Crippen LogP contribution in [-0.2, 0) is 22.4 Å². The van der Waals surface area contributed by atoms with Crippen molar-refractivity contribution in [2.24, 2.45) is 5.92 Å². The number of aryl methyl sites for hydroxylation is 1. The molecule has 2 fully saturated rings. The van der Waals surface area contributed by atoms with Crippen molar-refractivity contribution in [3.05, 3.63) is 95.3 Å². The molecule has 0 aromatic heterocycles. The van der Waals surface area contributed by atoms with E-state index in [4.69, 9.17) is 9.47 Å². The average Bonchev–Trinajstić information content (AvgIpc) is 2.99. The Bertz CT molecular complexity index is 1300. The highest BCUT2D eigenvalue weighted by atomic mass is 19.1. The van der Waals surface area contributed by atoms with Gasteiger partial charge in [-0.2, -0.15) is 0 Å². The van der Waals surface area contributed by atoms with Crippen LogP contribution in [0.5, 0.6) is 5.75 Å². The van der Waals surface area contributed by atoms with Crippen molar-refractivity contribution in [2.75, 3.05) is 18.6 Å². The number of anilines is 1. The fraction of sp³-hybridized carbons (Fsp3) is 0.406. The quantitative estimate of drug-likeness (QED) is 0.279. The fourth-order valence-electron chi connectivity index (χ4n) is 5.85. The van der Waals surface area contributed by atoms with Gasteiger partial charge in [-0.05, 0) is 72.4 Å². The molecule has 9 heteroatoms. The van der Waals surface area contributed by atoms with Crippen LogP contribution in [0.15, 0.2) is 72.8 Å². The molecule has 41 heavy (non-hydrogen) atoms. The van der Waals surface area contributed by atoms with E-state index < -0.39 is 37.1 Å². The molecule has 7 atom stereocenters. The number of benzene rings is 3.